The monoisotopic (exact) mass is 281 g/mol. The number of hydrogen-bond donors (Lipinski definition) is 2. The van der Waals surface area contributed by atoms with Crippen LogP contribution < -0.4 is 5.32 Å². The van der Waals surface area contributed by atoms with E-state index in [0.29, 0.717) is 6.04 Å². The molecule has 2 saturated carbocycles. The van der Waals surface area contributed by atoms with E-state index in [0.717, 1.165) is 18.9 Å². The number of likely N-dealkylation sites (N-methyl/N-ethyl adjacent to an activating group) is 1. The lowest BCUT2D eigenvalue weighted by atomic mass is 9.98. The van der Waals surface area contributed by atoms with Gasteiger partial charge >= 0.3 is 0 Å². The number of nitrogens with one attached hydrogen (secondary N) is 1. The second kappa shape index (κ2) is 6.30. The summed E-state index contributed by atoms with van der Waals surface area (Å²) in [5, 5.41) is 13.0. The van der Waals surface area contributed by atoms with Gasteiger partial charge in [0.15, 0.2) is 0 Å². The maximum Gasteiger partial charge on any atom is 0.0613 e. The molecule has 0 aromatic carbocycles. The predicted molar refractivity (Wildman–Crippen MR) is 81.9 cm³/mol. The normalized spacial score (nSPS) is 37.8. The highest BCUT2D eigenvalue weighted by molar-refractivity contribution is 4.99. The zero-order valence-electron chi connectivity index (χ0n) is 13.0. The molecule has 2 atom stereocenters. The van der Waals surface area contributed by atoms with E-state index in [1.165, 1.54) is 58.3 Å². The molecule has 3 rings (SSSR count). The minimum absolute atomic E-state index is 0.00669. The first-order valence-corrected chi connectivity index (χ1v) is 8.54. The molecule has 1 heterocycles. The van der Waals surface area contributed by atoms with Crippen LogP contribution in [0.2, 0.25) is 0 Å². The summed E-state index contributed by atoms with van der Waals surface area (Å²) in [7, 11) is 2.00. The summed E-state index contributed by atoms with van der Waals surface area (Å²) in [5.74, 6) is 0. The molecule has 1 saturated heterocycles. The van der Waals surface area contributed by atoms with Gasteiger partial charge < -0.3 is 10.4 Å². The maximum atomic E-state index is 9.63. The van der Waals surface area contributed by atoms with Crippen LogP contribution in [0.4, 0.5) is 0 Å². The highest BCUT2D eigenvalue weighted by Crippen LogP contribution is 2.33. The van der Waals surface area contributed by atoms with Crippen molar-refractivity contribution in [1.29, 1.82) is 0 Å². The first-order chi connectivity index (χ1) is 9.76. The van der Waals surface area contributed by atoms with Crippen LogP contribution in [0, 0.1) is 0 Å². The quantitative estimate of drug-likeness (QED) is 0.808. The van der Waals surface area contributed by atoms with Crippen LogP contribution >= 0.6 is 0 Å². The van der Waals surface area contributed by atoms with Crippen molar-refractivity contribution in [2.75, 3.05) is 39.8 Å². The van der Waals surface area contributed by atoms with Crippen LogP contribution in [-0.2, 0) is 0 Å². The Labute approximate surface area is 123 Å². The first-order valence-electron chi connectivity index (χ1n) is 8.54. The molecule has 4 heteroatoms. The molecule has 3 aliphatic rings. The molecule has 0 spiro atoms. The van der Waals surface area contributed by atoms with Gasteiger partial charge in [-0.3, -0.25) is 9.80 Å². The average Bonchev–Trinajstić information content (AvgIpc) is 3.18. The summed E-state index contributed by atoms with van der Waals surface area (Å²) in [4.78, 5) is 5.41. The van der Waals surface area contributed by atoms with E-state index in [1.54, 1.807) is 0 Å². The van der Waals surface area contributed by atoms with E-state index in [-0.39, 0.29) is 12.1 Å². The van der Waals surface area contributed by atoms with E-state index in [9.17, 15) is 5.11 Å². The van der Waals surface area contributed by atoms with Crippen molar-refractivity contribution in [2.45, 2.75) is 62.6 Å². The lowest BCUT2D eigenvalue weighted by molar-refractivity contribution is 0.0666. The van der Waals surface area contributed by atoms with Crippen molar-refractivity contribution in [3.63, 3.8) is 0 Å². The van der Waals surface area contributed by atoms with Gasteiger partial charge in [-0.2, -0.15) is 0 Å². The number of rotatable bonds is 4. The molecule has 116 valence electrons. The summed E-state index contributed by atoms with van der Waals surface area (Å²) in [5.41, 5.74) is -0.00669. The van der Waals surface area contributed by atoms with Gasteiger partial charge in [0.1, 0.15) is 0 Å². The molecule has 0 aromatic heterocycles. The van der Waals surface area contributed by atoms with E-state index in [1.807, 2.05) is 7.05 Å². The molecule has 0 bridgehead atoms. The smallest absolute Gasteiger partial charge is 0.0613 e. The summed E-state index contributed by atoms with van der Waals surface area (Å²) in [6, 6.07) is 1.56. The molecule has 4 nitrogen and oxygen atoms in total. The van der Waals surface area contributed by atoms with Crippen LogP contribution in [0.25, 0.3) is 0 Å². The van der Waals surface area contributed by atoms with Gasteiger partial charge in [0, 0.05) is 43.8 Å². The summed E-state index contributed by atoms with van der Waals surface area (Å²) in [6.45, 7) is 5.25. The van der Waals surface area contributed by atoms with E-state index >= 15 is 0 Å². The Kier molecular flexibility index (Phi) is 4.65. The second-order valence-corrected chi connectivity index (χ2v) is 7.10. The van der Waals surface area contributed by atoms with Gasteiger partial charge in [-0.1, -0.05) is 12.8 Å². The van der Waals surface area contributed by atoms with Crippen LogP contribution in [0.15, 0.2) is 0 Å². The Hall–Kier alpha value is -0.160. The van der Waals surface area contributed by atoms with E-state index in [4.69, 9.17) is 0 Å². The van der Waals surface area contributed by atoms with Gasteiger partial charge in [0.25, 0.3) is 0 Å². The number of nitrogens with zero attached hydrogens (tertiary/aromatic N) is 2. The Morgan fingerprint density at radius 3 is 2.10 bits per heavy atom. The van der Waals surface area contributed by atoms with Gasteiger partial charge in [-0.25, -0.2) is 0 Å². The molecule has 0 amide bonds. The standard InChI is InChI=1S/C16H31N3O/c1-17-16(13-20)7-6-15(12-16)19-10-8-18(9-11-19)14-4-2-3-5-14/h14-15,17,20H,2-13H2,1H3. The van der Waals surface area contributed by atoms with Crippen LogP contribution in [-0.4, -0.2) is 72.4 Å². The van der Waals surface area contributed by atoms with E-state index < -0.39 is 0 Å². The third-order valence-electron chi connectivity index (χ3n) is 6.12. The second-order valence-electron chi connectivity index (χ2n) is 7.10. The number of hydrogen-bond acceptors (Lipinski definition) is 4. The molecular formula is C16H31N3O. The summed E-state index contributed by atoms with van der Waals surface area (Å²) >= 11 is 0. The largest absolute Gasteiger partial charge is 0.394 e. The highest BCUT2D eigenvalue weighted by atomic mass is 16.3. The Bertz CT molecular complexity index is 305. The number of aliphatic hydroxyl groups is 1. The van der Waals surface area contributed by atoms with Gasteiger partial charge in [-0.05, 0) is 39.2 Å². The fourth-order valence-corrected chi connectivity index (χ4v) is 4.60. The first kappa shape index (κ1) is 14.8. The topological polar surface area (TPSA) is 38.7 Å². The molecule has 2 N–H and O–H groups in total. The highest BCUT2D eigenvalue weighted by Gasteiger charge is 2.40. The summed E-state index contributed by atoms with van der Waals surface area (Å²) < 4.78 is 0. The van der Waals surface area contributed by atoms with Crippen LogP contribution in [0.3, 0.4) is 0 Å². The molecular weight excluding hydrogens is 250 g/mol. The minimum atomic E-state index is -0.00669. The number of aliphatic hydroxyl groups excluding tert-OH is 1. The molecule has 1 aliphatic heterocycles. The van der Waals surface area contributed by atoms with Gasteiger partial charge in [0.2, 0.25) is 0 Å². The van der Waals surface area contributed by atoms with Crippen LogP contribution in [0.1, 0.15) is 44.9 Å². The van der Waals surface area contributed by atoms with E-state index in [2.05, 4.69) is 15.1 Å². The zero-order valence-corrected chi connectivity index (χ0v) is 13.0. The van der Waals surface area contributed by atoms with Crippen LogP contribution in [0.5, 0.6) is 0 Å². The van der Waals surface area contributed by atoms with Gasteiger partial charge in [0.05, 0.1) is 6.61 Å². The fourth-order valence-electron chi connectivity index (χ4n) is 4.60. The SMILES string of the molecule is CNC1(CO)CCC(N2CCN(C3CCCC3)CC2)C1. The van der Waals surface area contributed by atoms with Crippen molar-refractivity contribution in [2.24, 2.45) is 0 Å². The lowest BCUT2D eigenvalue weighted by Crippen LogP contribution is -2.53. The Morgan fingerprint density at radius 2 is 1.60 bits per heavy atom. The fraction of sp³-hybridized carbons (Fsp3) is 1.00. The third kappa shape index (κ3) is 2.89. The minimum Gasteiger partial charge on any atom is -0.394 e. The third-order valence-corrected chi connectivity index (χ3v) is 6.12. The molecule has 2 unspecified atom stereocenters. The molecule has 20 heavy (non-hydrogen) atoms. The Balaban J connectivity index is 1.49. The zero-order chi connectivity index (χ0) is 14.0. The maximum absolute atomic E-state index is 9.63. The molecule has 0 radical (unpaired) electrons. The number of piperazine rings is 1. The Morgan fingerprint density at radius 1 is 1.00 bits per heavy atom. The van der Waals surface area contributed by atoms with Crippen molar-refractivity contribution in [3.05, 3.63) is 0 Å². The average molecular weight is 281 g/mol. The lowest BCUT2D eigenvalue weighted by Gasteiger charge is -2.41. The van der Waals surface area contributed by atoms with Crippen molar-refractivity contribution in [1.82, 2.24) is 15.1 Å². The van der Waals surface area contributed by atoms with Crippen molar-refractivity contribution in [3.8, 4) is 0 Å². The molecule has 3 fully saturated rings. The summed E-state index contributed by atoms with van der Waals surface area (Å²) in [6.07, 6.45) is 9.21. The van der Waals surface area contributed by atoms with Gasteiger partial charge in [-0.15, -0.1) is 0 Å². The molecule has 2 aliphatic carbocycles. The molecule has 0 aromatic rings. The van der Waals surface area contributed by atoms with Crippen molar-refractivity contribution < 1.29 is 5.11 Å². The predicted octanol–water partition coefficient (Wildman–Crippen LogP) is 1.05. The van der Waals surface area contributed by atoms with Crippen molar-refractivity contribution >= 4 is 0 Å².